The van der Waals surface area contributed by atoms with Crippen molar-refractivity contribution in [3.63, 3.8) is 0 Å². The van der Waals surface area contributed by atoms with Crippen molar-refractivity contribution in [1.29, 1.82) is 0 Å². The molecule has 0 radical (unpaired) electrons. The molecule has 0 aliphatic rings. The van der Waals surface area contributed by atoms with Crippen molar-refractivity contribution in [3.05, 3.63) is 0 Å². The van der Waals surface area contributed by atoms with Crippen LogP contribution < -0.4 is 11.1 Å². The van der Waals surface area contributed by atoms with E-state index in [1.165, 1.54) is 57.9 Å². The highest BCUT2D eigenvalue weighted by Gasteiger charge is 1.91. The van der Waals surface area contributed by atoms with E-state index >= 15 is 0 Å². The molecule has 0 saturated heterocycles. The number of nitrogens with one attached hydrogen (secondary N) is 1. The molecule has 0 rings (SSSR count). The summed E-state index contributed by atoms with van der Waals surface area (Å²) in [6, 6.07) is 0. The molecule has 0 aliphatic heterocycles. The van der Waals surface area contributed by atoms with E-state index in [9.17, 15) is 0 Å². The summed E-state index contributed by atoms with van der Waals surface area (Å²) in [7, 11) is 0. The van der Waals surface area contributed by atoms with Crippen molar-refractivity contribution in [2.75, 3.05) is 19.6 Å². The molecule has 0 unspecified atom stereocenters. The first-order valence-corrected chi connectivity index (χ1v) is 6.32. The van der Waals surface area contributed by atoms with Crippen molar-refractivity contribution in [2.45, 2.75) is 58.3 Å². The summed E-state index contributed by atoms with van der Waals surface area (Å²) in [6.07, 6.45) is 10.9. The maximum absolute atomic E-state index is 5.43. The van der Waals surface area contributed by atoms with Crippen molar-refractivity contribution in [1.82, 2.24) is 5.32 Å². The number of hydrogen-bond acceptors (Lipinski definition) is 2. The highest BCUT2D eigenvalue weighted by atomic mass is 14.8. The molecule has 0 bridgehead atoms. The van der Waals surface area contributed by atoms with E-state index in [-0.39, 0.29) is 0 Å². The molecule has 0 amide bonds. The molecule has 0 heterocycles. The van der Waals surface area contributed by atoms with Gasteiger partial charge >= 0.3 is 0 Å². The Labute approximate surface area is 89.6 Å². The Balaban J connectivity index is 2.78. The zero-order chi connectivity index (χ0) is 10.5. The Morgan fingerprint density at radius 2 is 1.29 bits per heavy atom. The second kappa shape index (κ2) is 12.9. The SMILES string of the molecule is CCNCCCCCCCCCCN. The zero-order valence-electron chi connectivity index (χ0n) is 9.86. The van der Waals surface area contributed by atoms with Gasteiger partial charge in [-0.05, 0) is 32.5 Å². The number of unbranched alkanes of at least 4 members (excludes halogenated alkanes) is 7. The number of hydrogen-bond donors (Lipinski definition) is 2. The third kappa shape index (κ3) is 11.9. The summed E-state index contributed by atoms with van der Waals surface area (Å²) in [5.41, 5.74) is 5.43. The maximum atomic E-state index is 5.43. The minimum absolute atomic E-state index is 0.864. The zero-order valence-corrected chi connectivity index (χ0v) is 9.86. The van der Waals surface area contributed by atoms with Gasteiger partial charge in [0.1, 0.15) is 0 Å². The van der Waals surface area contributed by atoms with Gasteiger partial charge in [-0.3, -0.25) is 0 Å². The van der Waals surface area contributed by atoms with Crippen LogP contribution in [0.15, 0.2) is 0 Å². The van der Waals surface area contributed by atoms with Crippen molar-refractivity contribution < 1.29 is 0 Å². The summed E-state index contributed by atoms with van der Waals surface area (Å²) in [5, 5.41) is 3.35. The molecule has 0 aromatic rings. The van der Waals surface area contributed by atoms with Crippen molar-refractivity contribution >= 4 is 0 Å². The van der Waals surface area contributed by atoms with E-state index in [4.69, 9.17) is 5.73 Å². The van der Waals surface area contributed by atoms with Crippen LogP contribution in [0, 0.1) is 0 Å². The van der Waals surface area contributed by atoms with Crippen LogP contribution in [0.3, 0.4) is 0 Å². The molecular weight excluding hydrogens is 172 g/mol. The van der Waals surface area contributed by atoms with E-state index in [0.29, 0.717) is 0 Å². The molecule has 2 nitrogen and oxygen atoms in total. The van der Waals surface area contributed by atoms with Crippen LogP contribution in [0.4, 0.5) is 0 Å². The second-order valence-electron chi connectivity index (χ2n) is 3.97. The first-order valence-electron chi connectivity index (χ1n) is 6.32. The Morgan fingerprint density at radius 1 is 0.786 bits per heavy atom. The molecule has 0 aliphatic carbocycles. The molecule has 2 heteroatoms. The number of nitrogens with two attached hydrogens (primary N) is 1. The van der Waals surface area contributed by atoms with E-state index < -0.39 is 0 Å². The first-order chi connectivity index (χ1) is 6.91. The molecule has 0 aromatic carbocycles. The largest absolute Gasteiger partial charge is 0.330 e. The molecule has 14 heavy (non-hydrogen) atoms. The minimum Gasteiger partial charge on any atom is -0.330 e. The van der Waals surface area contributed by atoms with E-state index in [1.54, 1.807) is 0 Å². The van der Waals surface area contributed by atoms with Gasteiger partial charge < -0.3 is 11.1 Å². The normalized spacial score (nSPS) is 10.7. The molecule has 0 spiro atoms. The van der Waals surface area contributed by atoms with E-state index in [0.717, 1.165) is 13.1 Å². The molecule has 86 valence electrons. The topological polar surface area (TPSA) is 38.0 Å². The van der Waals surface area contributed by atoms with Crippen LogP contribution >= 0.6 is 0 Å². The van der Waals surface area contributed by atoms with Crippen LogP contribution in [0.1, 0.15) is 58.3 Å². The fourth-order valence-electron chi connectivity index (χ4n) is 1.63. The predicted molar refractivity (Wildman–Crippen MR) is 64.5 cm³/mol. The summed E-state index contributed by atoms with van der Waals surface area (Å²) < 4.78 is 0. The van der Waals surface area contributed by atoms with Gasteiger partial charge in [0.05, 0.1) is 0 Å². The Bertz CT molecular complexity index is 82.3. The lowest BCUT2D eigenvalue weighted by Gasteiger charge is -2.02. The smallest absolute Gasteiger partial charge is 0.00490 e. The number of rotatable bonds is 11. The van der Waals surface area contributed by atoms with Crippen molar-refractivity contribution in [2.24, 2.45) is 5.73 Å². The standard InChI is InChI=1S/C12H28N2/c1-2-14-12-10-8-6-4-3-5-7-9-11-13/h14H,2-13H2,1H3. The highest BCUT2D eigenvalue weighted by Crippen LogP contribution is 2.07. The molecule has 0 fully saturated rings. The van der Waals surface area contributed by atoms with Crippen LogP contribution in [0.2, 0.25) is 0 Å². The van der Waals surface area contributed by atoms with Crippen LogP contribution in [-0.4, -0.2) is 19.6 Å². The third-order valence-electron chi connectivity index (χ3n) is 2.56. The van der Waals surface area contributed by atoms with Gasteiger partial charge in [0, 0.05) is 0 Å². The maximum Gasteiger partial charge on any atom is -0.00490 e. The van der Waals surface area contributed by atoms with Gasteiger partial charge in [0.2, 0.25) is 0 Å². The van der Waals surface area contributed by atoms with E-state index in [2.05, 4.69) is 12.2 Å². The van der Waals surface area contributed by atoms with Gasteiger partial charge in [-0.25, -0.2) is 0 Å². The summed E-state index contributed by atoms with van der Waals surface area (Å²) in [4.78, 5) is 0. The molecular formula is C12H28N2. The monoisotopic (exact) mass is 200 g/mol. The van der Waals surface area contributed by atoms with Crippen LogP contribution in [0.5, 0.6) is 0 Å². The predicted octanol–water partition coefficient (Wildman–Crippen LogP) is 2.68. The average molecular weight is 200 g/mol. The molecule has 0 aromatic heterocycles. The summed E-state index contributed by atoms with van der Waals surface area (Å²) >= 11 is 0. The fraction of sp³-hybridized carbons (Fsp3) is 1.00. The molecule has 3 N–H and O–H groups in total. The Morgan fingerprint density at radius 3 is 1.79 bits per heavy atom. The highest BCUT2D eigenvalue weighted by molar-refractivity contribution is 4.49. The summed E-state index contributed by atoms with van der Waals surface area (Å²) in [6.45, 7) is 5.34. The lowest BCUT2D eigenvalue weighted by atomic mass is 10.1. The molecule has 0 saturated carbocycles. The van der Waals surface area contributed by atoms with Crippen molar-refractivity contribution in [3.8, 4) is 0 Å². The molecule has 0 atom stereocenters. The quantitative estimate of drug-likeness (QED) is 0.503. The lowest BCUT2D eigenvalue weighted by molar-refractivity contribution is 0.556. The van der Waals surface area contributed by atoms with Gasteiger partial charge in [-0.15, -0.1) is 0 Å². The third-order valence-corrected chi connectivity index (χ3v) is 2.56. The van der Waals surface area contributed by atoms with Gasteiger partial charge in [0.15, 0.2) is 0 Å². The fourth-order valence-corrected chi connectivity index (χ4v) is 1.63. The Hall–Kier alpha value is -0.0800. The van der Waals surface area contributed by atoms with Gasteiger partial charge in [0.25, 0.3) is 0 Å². The van der Waals surface area contributed by atoms with Gasteiger partial charge in [-0.1, -0.05) is 45.4 Å². The Kier molecular flexibility index (Phi) is 12.8. The van der Waals surface area contributed by atoms with Crippen LogP contribution in [0.25, 0.3) is 0 Å². The van der Waals surface area contributed by atoms with Crippen LogP contribution in [-0.2, 0) is 0 Å². The first kappa shape index (κ1) is 13.9. The van der Waals surface area contributed by atoms with E-state index in [1.807, 2.05) is 0 Å². The van der Waals surface area contributed by atoms with Gasteiger partial charge in [-0.2, -0.15) is 0 Å². The second-order valence-corrected chi connectivity index (χ2v) is 3.97. The lowest BCUT2D eigenvalue weighted by Crippen LogP contribution is -2.13. The summed E-state index contributed by atoms with van der Waals surface area (Å²) in [5.74, 6) is 0. The average Bonchev–Trinajstić information content (AvgIpc) is 2.21. The minimum atomic E-state index is 0.864.